The fourth-order valence-corrected chi connectivity index (χ4v) is 57.8. The van der Waals surface area contributed by atoms with Crippen molar-refractivity contribution >= 4 is 205 Å². The number of hydrogen-bond donors (Lipinski definition) is 0. The predicted molar refractivity (Wildman–Crippen MR) is 408 cm³/mol. The van der Waals surface area contributed by atoms with E-state index in [1.807, 2.05) is 0 Å². The summed E-state index contributed by atoms with van der Waals surface area (Å²) in [7, 11) is -48.3. The molecule has 0 saturated carbocycles. The third kappa shape index (κ3) is 121. The molecule has 0 atom stereocenters. The fraction of sp³-hybridized carbons (Fsp3) is 0.708. The zero-order valence-corrected chi connectivity index (χ0v) is 98.1. The van der Waals surface area contributed by atoms with Crippen LogP contribution in [-0.4, -0.2) is 385 Å². The fourth-order valence-electron chi connectivity index (χ4n) is 6.00. The van der Waals surface area contributed by atoms with E-state index in [4.69, 9.17) is 65.8 Å². The minimum absolute atomic E-state index is 0. The van der Waals surface area contributed by atoms with E-state index in [-0.39, 0.29) is 141 Å². The maximum atomic E-state index is 12.6. The van der Waals surface area contributed by atoms with Crippen LogP contribution in [0.3, 0.4) is 0 Å². The topological polar surface area (TPSA) is 739 Å². The molecule has 0 aromatic carbocycles. The molecule has 53 nitrogen and oxygen atoms in total. The Morgan fingerprint density at radius 1 is 0.200 bits per heavy atom. The summed E-state index contributed by atoms with van der Waals surface area (Å²) in [5.41, 5.74) is 0. The molecule has 2 aliphatic rings. The van der Waals surface area contributed by atoms with Gasteiger partial charge in [0.25, 0.3) is 0 Å². The van der Waals surface area contributed by atoms with Gasteiger partial charge in [-0.2, -0.15) is 0 Å². The van der Waals surface area contributed by atoms with Crippen LogP contribution in [0, 0.1) is 0 Å². The number of aromatic nitrogens is 2. The van der Waals surface area contributed by atoms with Gasteiger partial charge in [0, 0.05) is 138 Å². The molecule has 10 amide bonds. The van der Waals surface area contributed by atoms with Crippen molar-refractivity contribution in [2.45, 2.75) is 105 Å². The smallest absolute Gasteiger partial charge is 0.818 e. The van der Waals surface area contributed by atoms with Crippen molar-refractivity contribution < 1.29 is 332 Å². The first kappa shape index (κ1) is 165. The third-order valence-electron chi connectivity index (χ3n) is 8.64. The first-order valence-corrected chi connectivity index (χ1v) is 68.1. The first-order valence-electron chi connectivity index (χ1n) is 32.5. The van der Waals surface area contributed by atoms with Crippen LogP contribution < -0.4 is 76.7 Å². The Labute approximate surface area is 834 Å². The van der Waals surface area contributed by atoms with Gasteiger partial charge in [-0.25, -0.2) is 14.1 Å². The van der Waals surface area contributed by atoms with Crippen molar-refractivity contribution in [2.75, 3.05) is 127 Å². The van der Waals surface area contributed by atoms with Crippen molar-refractivity contribution in [1.82, 2.24) is 49.2 Å². The van der Waals surface area contributed by atoms with E-state index in [1.54, 1.807) is 138 Å². The molecule has 2 saturated heterocycles. The maximum Gasteiger partial charge on any atom is 2.00 e. The Hall–Kier alpha value is 0.486. The van der Waals surface area contributed by atoms with Gasteiger partial charge in [-0.15, -0.1) is 0 Å². The molecule has 1 aromatic rings. The number of amides is 10. The van der Waals surface area contributed by atoms with Gasteiger partial charge in [0.2, 0.25) is 192 Å². The SMILES string of the molecule is CN(C)C=O.CN(C)C=O.CN(C)C=O.CN(C)C=O.CN(C)C=O.CN(C)C=O.CN(C)C=O.CN(C)C=O.C[N+](C)(C=O)C=O.C[Si]1([O-])O[Si](C)([O-])O[Si](C)([O-])O[Si](C)([O-])O[Si](C)([O-])O[Si](C)([O-])O[Si](C)([O-])O[Si](C)([O-])O1.C[Si]1([O-])O[Si](C)([O-])O[Si](C)([O-])O[Si](C)([O-])O[Si](C)([O-])O[Si](C)([O-])O[Si](C)([O-])O[Si](C)([O-])O1.[Cu+2].[Cu+2].[Cu+2].[Cu+2].[Cu+2].[Cu+2].[Cu+2].[Cu+].c1cnccn1. The summed E-state index contributed by atoms with van der Waals surface area (Å²) < 4.78 is 76.0. The molecule has 0 N–H and O–H groups in total. The van der Waals surface area contributed by atoms with Crippen LogP contribution in [0.5, 0.6) is 0 Å². The summed E-state index contributed by atoms with van der Waals surface area (Å²) >= 11 is 0. The zero-order valence-electron chi connectivity index (χ0n) is 74.6. The molecule has 0 unspecified atom stereocenters. The molecule has 0 spiro atoms. The summed E-state index contributed by atoms with van der Waals surface area (Å²) in [5.74, 6) is 0. The van der Waals surface area contributed by atoms with Gasteiger partial charge in [-0.1, -0.05) is 0 Å². The minimum Gasteiger partial charge on any atom is -0.818 e. The van der Waals surface area contributed by atoms with E-state index in [0.717, 1.165) is 156 Å². The van der Waals surface area contributed by atoms with E-state index in [9.17, 15) is 125 Å². The number of rotatable bonds is 10. The summed E-state index contributed by atoms with van der Waals surface area (Å²) in [5, 5.41) is 0. The average Bonchev–Trinajstić information content (AvgIpc) is 0.794. The van der Waals surface area contributed by atoms with Crippen LogP contribution in [0.4, 0.5) is 0 Å². The van der Waals surface area contributed by atoms with E-state index in [0.29, 0.717) is 12.8 Å². The van der Waals surface area contributed by atoms with E-state index in [2.05, 4.69) is 9.97 Å². The first-order chi connectivity index (χ1) is 51.6. The largest absolute Gasteiger partial charge is 2.00 e. The molecule has 1 aromatic heterocycles. The molecular formula is C48H116Cu8N11O42Si16. The zero-order chi connectivity index (χ0) is 95.7. The van der Waals surface area contributed by atoms with Gasteiger partial charge < -0.3 is 182 Å². The quantitative estimate of drug-likeness (QED) is 0.119. The van der Waals surface area contributed by atoms with Gasteiger partial charge in [0.05, 0.1) is 14.1 Å². The second kappa shape index (κ2) is 75.6. The Morgan fingerprint density at radius 3 is 0.280 bits per heavy atom. The van der Waals surface area contributed by atoms with Crippen LogP contribution >= 0.6 is 0 Å². The van der Waals surface area contributed by atoms with Crippen molar-refractivity contribution in [3.8, 4) is 0 Å². The normalized spacial score (nSPS) is 31.6. The molecule has 125 heavy (non-hydrogen) atoms. The second-order valence-electron chi connectivity index (χ2n) is 26.7. The van der Waals surface area contributed by atoms with Crippen molar-refractivity contribution in [1.29, 1.82) is 0 Å². The van der Waals surface area contributed by atoms with Gasteiger partial charge >= 0.3 is 149 Å². The van der Waals surface area contributed by atoms with Gasteiger partial charge in [-0.05, 0) is 105 Å². The predicted octanol–water partition coefficient (Wildman–Crippen LogP) is -19.4. The number of carbonyl (C=O) groups is 10. The van der Waals surface area contributed by atoms with Crippen molar-refractivity contribution in [3.05, 3.63) is 24.8 Å². The number of quaternary nitrogens is 1. The molecule has 77 heteroatoms. The standard InChI is InChI=1S/2C8H24O16Si8.C4H4N2.C4H8NO2.8C3H7NO.8Cu/c2*1-25(9)17-26(2,10)19-28(4,12)21-30(6,14)23-32(8,16)24-31(7,15)22-29(5,13)20-27(3,11)18-25;1-2-6-4-3-5-1;1-5(2,3-6)4-7;8*1-4(2)3-5;;;;;;;;/h2*1-8H3;1-4H;3-4H,1-2H3;8*3H,1-2H3;;;;;;;;/q2*-8;;+1;;;;;;;;;+1;7*+2. The van der Waals surface area contributed by atoms with Crippen molar-refractivity contribution in [2.24, 2.45) is 0 Å². The summed E-state index contributed by atoms with van der Waals surface area (Å²) in [4.78, 5) is 315. The maximum absolute atomic E-state index is 12.6. The molecule has 767 valence electrons. The number of nitrogens with zero attached hydrogens (tertiary/aromatic N) is 11. The number of hydrogen-bond acceptors (Lipinski definition) is 44. The average molecular weight is 2480 g/mol. The van der Waals surface area contributed by atoms with Gasteiger partial charge in [0.15, 0.2) is 0 Å². The number of imide groups is 1. The molecule has 0 aliphatic carbocycles. The summed E-state index contributed by atoms with van der Waals surface area (Å²) in [6.45, 7) is 11.8. The molecule has 2 fully saturated rings. The molecule has 2 aliphatic heterocycles. The van der Waals surface area contributed by atoms with Crippen LogP contribution in [0.15, 0.2) is 24.8 Å². The van der Waals surface area contributed by atoms with E-state index in [1.165, 1.54) is 53.3 Å². The molecule has 7 radical (unpaired) electrons. The second-order valence-corrected chi connectivity index (χ2v) is 67.4. The van der Waals surface area contributed by atoms with E-state index < -0.39 is 141 Å². The summed E-state index contributed by atoms with van der Waals surface area (Å²) in [6, 6.07) is 0. The Kier molecular flexibility index (Phi) is 99.9. The number of carbonyl (C=O) groups excluding carboxylic acids is 10. The molecular weight excluding hydrogens is 2360 g/mol. The van der Waals surface area contributed by atoms with Gasteiger partial charge in [-0.3, -0.25) is 48.3 Å². The van der Waals surface area contributed by atoms with E-state index >= 15 is 0 Å². The molecule has 0 bridgehead atoms. The minimum atomic E-state index is -4.89. The molecule has 3 heterocycles. The van der Waals surface area contributed by atoms with Crippen LogP contribution in [0.1, 0.15) is 0 Å². The van der Waals surface area contributed by atoms with Crippen molar-refractivity contribution in [3.63, 3.8) is 0 Å². The third-order valence-corrected chi connectivity index (χ3v) is 56.1. The van der Waals surface area contributed by atoms with Gasteiger partial charge in [0.1, 0.15) is 0 Å². The van der Waals surface area contributed by atoms with Crippen LogP contribution in [-0.2, 0) is 250 Å². The monoisotopic (exact) mass is 2470 g/mol. The Morgan fingerprint density at radius 2 is 0.256 bits per heavy atom. The Balaban J connectivity index is -0.0000000760. The van der Waals surface area contributed by atoms with Crippen LogP contribution in [0.2, 0.25) is 105 Å². The molecule has 3 rings (SSSR count). The van der Waals surface area contributed by atoms with Crippen LogP contribution in [0.25, 0.3) is 0 Å². The Bertz CT molecular complexity index is 2260. The summed E-state index contributed by atoms with van der Waals surface area (Å²) in [6.07, 6.45) is 13.7.